The number of nitrogens with zero attached hydrogens (tertiary/aromatic N) is 1. The summed E-state index contributed by atoms with van der Waals surface area (Å²) >= 11 is 0. The molecule has 0 aliphatic heterocycles. The van der Waals surface area contributed by atoms with Gasteiger partial charge >= 0.3 is 11.9 Å². The average molecular weight is 253 g/mol. The van der Waals surface area contributed by atoms with E-state index in [1.807, 2.05) is 0 Å². The molecule has 18 heavy (non-hydrogen) atoms. The van der Waals surface area contributed by atoms with Gasteiger partial charge in [0, 0.05) is 12.1 Å². The lowest BCUT2D eigenvalue weighted by atomic mass is 9.79. The van der Waals surface area contributed by atoms with Crippen LogP contribution in [0.1, 0.15) is 18.9 Å². The number of non-ortho nitro benzene ring substituents is 1. The third-order valence-electron chi connectivity index (χ3n) is 2.69. The molecule has 0 radical (unpaired) electrons. The maximum Gasteiger partial charge on any atom is 0.314 e. The SMILES string of the molecule is CC(CC(=O)O)(C(=O)O)c1ccc([N+](=O)[O-])cc1. The zero-order valence-corrected chi connectivity index (χ0v) is 9.49. The van der Waals surface area contributed by atoms with E-state index in [1.165, 1.54) is 19.1 Å². The molecule has 0 aliphatic carbocycles. The third kappa shape index (κ3) is 2.62. The van der Waals surface area contributed by atoms with Crippen LogP contribution in [0, 0.1) is 10.1 Å². The number of carboxylic acids is 2. The van der Waals surface area contributed by atoms with Gasteiger partial charge in [-0.15, -0.1) is 0 Å². The van der Waals surface area contributed by atoms with E-state index in [9.17, 15) is 19.7 Å². The van der Waals surface area contributed by atoms with Gasteiger partial charge in [-0.2, -0.15) is 0 Å². The maximum absolute atomic E-state index is 11.2. The van der Waals surface area contributed by atoms with Gasteiger partial charge in [0.25, 0.3) is 5.69 Å². The Morgan fingerprint density at radius 2 is 1.78 bits per heavy atom. The third-order valence-corrected chi connectivity index (χ3v) is 2.69. The van der Waals surface area contributed by atoms with Gasteiger partial charge in [-0.1, -0.05) is 12.1 Å². The summed E-state index contributed by atoms with van der Waals surface area (Å²) in [6.45, 7) is 1.27. The van der Waals surface area contributed by atoms with Crippen LogP contribution in [0.3, 0.4) is 0 Å². The number of carbonyl (C=O) groups is 2. The summed E-state index contributed by atoms with van der Waals surface area (Å²) in [5, 5.41) is 28.3. The highest BCUT2D eigenvalue weighted by molar-refractivity contribution is 5.86. The van der Waals surface area contributed by atoms with Crippen LogP contribution in [0.2, 0.25) is 0 Å². The second-order valence-corrected chi connectivity index (χ2v) is 4.01. The highest BCUT2D eigenvalue weighted by Gasteiger charge is 2.37. The molecule has 1 aromatic rings. The van der Waals surface area contributed by atoms with Crippen molar-refractivity contribution in [3.8, 4) is 0 Å². The van der Waals surface area contributed by atoms with Crippen molar-refractivity contribution in [2.45, 2.75) is 18.8 Å². The van der Waals surface area contributed by atoms with E-state index in [2.05, 4.69) is 0 Å². The number of hydrogen-bond acceptors (Lipinski definition) is 4. The molecule has 0 fully saturated rings. The van der Waals surface area contributed by atoms with E-state index >= 15 is 0 Å². The minimum atomic E-state index is -1.61. The van der Waals surface area contributed by atoms with Gasteiger partial charge < -0.3 is 10.2 Å². The largest absolute Gasteiger partial charge is 0.481 e. The molecule has 0 spiro atoms. The lowest BCUT2D eigenvalue weighted by molar-refractivity contribution is -0.384. The Labute approximate surface area is 102 Å². The molecule has 1 rings (SSSR count). The molecule has 0 aliphatic rings. The summed E-state index contributed by atoms with van der Waals surface area (Å²) in [6, 6.07) is 4.82. The number of nitro benzene ring substituents is 1. The molecule has 0 aromatic heterocycles. The Morgan fingerprint density at radius 3 is 2.11 bits per heavy atom. The molecule has 1 atom stereocenters. The highest BCUT2D eigenvalue weighted by Crippen LogP contribution is 2.29. The molecule has 0 bridgehead atoms. The van der Waals surface area contributed by atoms with Crippen LogP contribution in [-0.2, 0) is 15.0 Å². The first-order valence-corrected chi connectivity index (χ1v) is 4.97. The second kappa shape index (κ2) is 4.82. The lowest BCUT2D eigenvalue weighted by Gasteiger charge is -2.23. The first-order valence-electron chi connectivity index (χ1n) is 4.97. The summed E-state index contributed by atoms with van der Waals surface area (Å²) in [5.74, 6) is -2.54. The van der Waals surface area contributed by atoms with Gasteiger partial charge in [-0.3, -0.25) is 19.7 Å². The number of aliphatic carboxylic acids is 2. The van der Waals surface area contributed by atoms with Crippen LogP contribution in [0.15, 0.2) is 24.3 Å². The van der Waals surface area contributed by atoms with E-state index in [1.54, 1.807) is 0 Å². The van der Waals surface area contributed by atoms with Crippen molar-refractivity contribution in [2.75, 3.05) is 0 Å². The smallest absolute Gasteiger partial charge is 0.314 e. The van der Waals surface area contributed by atoms with Crippen molar-refractivity contribution in [1.82, 2.24) is 0 Å². The minimum absolute atomic E-state index is 0.179. The summed E-state index contributed by atoms with van der Waals surface area (Å²) < 4.78 is 0. The zero-order valence-electron chi connectivity index (χ0n) is 9.49. The summed E-state index contributed by atoms with van der Waals surface area (Å²) in [4.78, 5) is 31.7. The Kier molecular flexibility index (Phi) is 3.65. The Bertz CT molecular complexity index is 495. The quantitative estimate of drug-likeness (QED) is 0.605. The fourth-order valence-corrected chi connectivity index (χ4v) is 1.55. The standard InChI is InChI=1S/C11H11NO6/c1-11(10(15)16,6-9(13)14)7-2-4-8(5-3-7)12(17)18/h2-5H,6H2,1H3,(H,13,14)(H,15,16). The number of rotatable bonds is 5. The lowest BCUT2D eigenvalue weighted by Crippen LogP contribution is -2.34. The number of benzene rings is 1. The monoisotopic (exact) mass is 253 g/mol. The van der Waals surface area contributed by atoms with Gasteiger partial charge in [0.2, 0.25) is 0 Å². The van der Waals surface area contributed by atoms with Crippen LogP contribution >= 0.6 is 0 Å². The predicted molar refractivity (Wildman–Crippen MR) is 60.3 cm³/mol. The maximum atomic E-state index is 11.2. The normalized spacial score (nSPS) is 13.6. The molecule has 96 valence electrons. The van der Waals surface area contributed by atoms with E-state index in [-0.39, 0.29) is 11.3 Å². The van der Waals surface area contributed by atoms with E-state index < -0.39 is 28.7 Å². The fourth-order valence-electron chi connectivity index (χ4n) is 1.55. The Hall–Kier alpha value is -2.44. The second-order valence-electron chi connectivity index (χ2n) is 4.01. The molecule has 0 saturated heterocycles. The van der Waals surface area contributed by atoms with Crippen LogP contribution < -0.4 is 0 Å². The summed E-state index contributed by atoms with van der Waals surface area (Å²) in [6.07, 6.45) is -0.597. The van der Waals surface area contributed by atoms with Gasteiger partial charge in [-0.25, -0.2) is 0 Å². The number of hydrogen-bond donors (Lipinski definition) is 2. The molecular weight excluding hydrogens is 242 g/mol. The molecule has 0 saturated carbocycles. The molecule has 0 heterocycles. The van der Waals surface area contributed by atoms with Crippen molar-refractivity contribution < 1.29 is 24.7 Å². The van der Waals surface area contributed by atoms with Gasteiger partial charge in [0.05, 0.1) is 11.3 Å². The molecular formula is C11H11NO6. The molecule has 7 heteroatoms. The van der Waals surface area contributed by atoms with Crippen molar-refractivity contribution in [2.24, 2.45) is 0 Å². The van der Waals surface area contributed by atoms with Gasteiger partial charge in [0.15, 0.2) is 0 Å². The zero-order chi connectivity index (χ0) is 13.9. The van der Waals surface area contributed by atoms with Gasteiger partial charge in [0.1, 0.15) is 5.41 Å². The van der Waals surface area contributed by atoms with Crippen LogP contribution in [-0.4, -0.2) is 27.1 Å². The van der Waals surface area contributed by atoms with E-state index in [0.717, 1.165) is 12.1 Å². The first-order chi connectivity index (χ1) is 8.27. The molecule has 0 amide bonds. The van der Waals surface area contributed by atoms with E-state index in [4.69, 9.17) is 10.2 Å². The van der Waals surface area contributed by atoms with Crippen LogP contribution in [0.25, 0.3) is 0 Å². The van der Waals surface area contributed by atoms with Crippen molar-refractivity contribution in [3.05, 3.63) is 39.9 Å². The molecule has 1 aromatic carbocycles. The average Bonchev–Trinajstić information content (AvgIpc) is 2.27. The predicted octanol–water partition coefficient (Wildman–Crippen LogP) is 1.41. The van der Waals surface area contributed by atoms with Crippen molar-refractivity contribution >= 4 is 17.6 Å². The van der Waals surface area contributed by atoms with Crippen LogP contribution in [0.4, 0.5) is 5.69 Å². The topological polar surface area (TPSA) is 118 Å². The Balaban J connectivity index is 3.18. The minimum Gasteiger partial charge on any atom is -0.481 e. The molecule has 1 unspecified atom stereocenters. The summed E-state index contributed by atoms with van der Waals surface area (Å²) in [5.41, 5.74) is -1.58. The van der Waals surface area contributed by atoms with Gasteiger partial charge in [-0.05, 0) is 12.5 Å². The van der Waals surface area contributed by atoms with E-state index in [0.29, 0.717) is 0 Å². The highest BCUT2D eigenvalue weighted by atomic mass is 16.6. The fraction of sp³-hybridized carbons (Fsp3) is 0.273. The number of carboxylic acid groups (broad SMARTS) is 2. The molecule has 2 N–H and O–H groups in total. The van der Waals surface area contributed by atoms with Crippen LogP contribution in [0.5, 0.6) is 0 Å². The number of nitro groups is 1. The van der Waals surface area contributed by atoms with Crippen molar-refractivity contribution in [3.63, 3.8) is 0 Å². The Morgan fingerprint density at radius 1 is 1.28 bits per heavy atom. The first kappa shape index (κ1) is 13.6. The van der Waals surface area contributed by atoms with Crippen molar-refractivity contribution in [1.29, 1.82) is 0 Å². The molecule has 7 nitrogen and oxygen atoms in total. The summed E-state index contributed by atoms with van der Waals surface area (Å²) in [7, 11) is 0.